The first-order valence-electron chi connectivity index (χ1n) is 9.99. The lowest BCUT2D eigenvalue weighted by Gasteiger charge is -2.29. The van der Waals surface area contributed by atoms with Crippen molar-refractivity contribution in [3.63, 3.8) is 0 Å². The van der Waals surface area contributed by atoms with Crippen LogP contribution in [0.2, 0.25) is 0 Å². The fourth-order valence-electron chi connectivity index (χ4n) is 3.28. The summed E-state index contributed by atoms with van der Waals surface area (Å²) in [7, 11) is 1.67. The highest BCUT2D eigenvalue weighted by molar-refractivity contribution is 5.43. The minimum atomic E-state index is -0.521. The van der Waals surface area contributed by atoms with Crippen LogP contribution in [-0.2, 0) is 6.42 Å². The first-order chi connectivity index (χ1) is 12.3. The number of methoxy groups -OCH3 is 1. The number of aryl methyl sites for hydroxylation is 1. The molecule has 0 aliphatic heterocycles. The van der Waals surface area contributed by atoms with Crippen LogP contribution in [0.25, 0.3) is 0 Å². The lowest BCUT2D eigenvalue weighted by Crippen LogP contribution is -2.45. The molecular weight excluding hydrogens is 326 g/mol. The molecule has 1 rings (SSSR count). The highest BCUT2D eigenvalue weighted by atomic mass is 16.5. The Morgan fingerprint density at radius 3 is 2.38 bits per heavy atom. The van der Waals surface area contributed by atoms with Gasteiger partial charge in [-0.05, 0) is 61.6 Å². The van der Waals surface area contributed by atoms with E-state index in [-0.39, 0.29) is 6.61 Å². The lowest BCUT2D eigenvalue weighted by atomic mass is 9.85. The van der Waals surface area contributed by atoms with E-state index in [9.17, 15) is 5.11 Å². The highest BCUT2D eigenvalue weighted by Crippen LogP contribution is 2.30. The molecule has 1 aromatic rings. The third-order valence-corrected chi connectivity index (χ3v) is 4.70. The molecule has 0 amide bonds. The Morgan fingerprint density at radius 1 is 1.08 bits per heavy atom. The second-order valence-corrected chi connectivity index (χ2v) is 8.34. The quantitative estimate of drug-likeness (QED) is 0.503. The summed E-state index contributed by atoms with van der Waals surface area (Å²) in [5, 5.41) is 9.66. The molecule has 1 aromatic carbocycles. The van der Waals surface area contributed by atoms with E-state index in [2.05, 4.69) is 33.8 Å². The Balaban J connectivity index is 2.59. The predicted octanol–water partition coefficient (Wildman–Crippen LogP) is 4.57. The Labute approximate surface area is 160 Å². The van der Waals surface area contributed by atoms with Gasteiger partial charge in [0, 0.05) is 5.54 Å². The molecule has 0 heterocycles. The van der Waals surface area contributed by atoms with Gasteiger partial charge in [-0.3, -0.25) is 0 Å². The van der Waals surface area contributed by atoms with Gasteiger partial charge in [0.1, 0.15) is 0 Å². The van der Waals surface area contributed by atoms with Crippen LogP contribution in [0.5, 0.6) is 11.5 Å². The molecule has 0 spiro atoms. The maximum Gasteiger partial charge on any atom is 0.161 e. The van der Waals surface area contributed by atoms with Crippen LogP contribution in [0.1, 0.15) is 65.4 Å². The van der Waals surface area contributed by atoms with Gasteiger partial charge in [-0.2, -0.15) is 0 Å². The molecule has 0 unspecified atom stereocenters. The lowest BCUT2D eigenvalue weighted by molar-refractivity contribution is 0.165. The summed E-state index contributed by atoms with van der Waals surface area (Å²) in [4.78, 5) is 0. The fraction of sp³-hybridized carbons (Fsp3) is 0.727. The summed E-state index contributed by atoms with van der Waals surface area (Å²) in [6.45, 7) is 9.49. The monoisotopic (exact) mass is 365 g/mol. The van der Waals surface area contributed by atoms with Crippen LogP contribution < -0.4 is 15.2 Å². The molecule has 0 saturated heterocycles. The smallest absolute Gasteiger partial charge is 0.161 e. The van der Waals surface area contributed by atoms with Crippen molar-refractivity contribution < 1.29 is 14.6 Å². The maximum absolute atomic E-state index is 9.66. The average Bonchev–Trinajstić information content (AvgIpc) is 2.59. The number of rotatable bonds is 13. The van der Waals surface area contributed by atoms with Crippen molar-refractivity contribution in [1.29, 1.82) is 0 Å². The van der Waals surface area contributed by atoms with Crippen molar-refractivity contribution >= 4 is 0 Å². The largest absolute Gasteiger partial charge is 0.493 e. The number of hydrogen-bond acceptors (Lipinski definition) is 4. The predicted molar refractivity (Wildman–Crippen MR) is 109 cm³/mol. The van der Waals surface area contributed by atoms with Crippen molar-refractivity contribution in [2.24, 2.45) is 17.6 Å². The zero-order valence-electron chi connectivity index (χ0n) is 17.4. The van der Waals surface area contributed by atoms with E-state index in [0.717, 1.165) is 48.7 Å². The number of aliphatic hydroxyl groups is 1. The molecular formula is C22H39NO3. The Kier molecular flexibility index (Phi) is 10.0. The molecule has 26 heavy (non-hydrogen) atoms. The number of benzene rings is 1. The molecule has 3 N–H and O–H groups in total. The number of unbranched alkanes of at least 4 members (excludes halogenated alkanes) is 1. The minimum absolute atomic E-state index is 0.0138. The standard InChI is InChI=1S/C22H39NO3/c1-17(2)8-6-7-13-26-20-10-9-19(14-21(20)25-5)11-12-22(23,16-24)15-18(3)4/h9-10,14,17-18,24H,6-8,11-13,15-16,23H2,1-5H3/t22-/m0/s1. The summed E-state index contributed by atoms with van der Waals surface area (Å²) in [5.41, 5.74) is 6.99. The van der Waals surface area contributed by atoms with E-state index in [1.165, 1.54) is 12.8 Å². The zero-order valence-corrected chi connectivity index (χ0v) is 17.4. The molecule has 0 aliphatic carbocycles. The summed E-state index contributed by atoms with van der Waals surface area (Å²) < 4.78 is 11.4. The first-order valence-corrected chi connectivity index (χ1v) is 9.99. The Morgan fingerprint density at radius 2 is 1.81 bits per heavy atom. The molecule has 0 saturated carbocycles. The second-order valence-electron chi connectivity index (χ2n) is 8.34. The van der Waals surface area contributed by atoms with E-state index in [1.54, 1.807) is 7.11 Å². The summed E-state index contributed by atoms with van der Waals surface area (Å²) in [6, 6.07) is 6.08. The van der Waals surface area contributed by atoms with E-state index in [1.807, 2.05) is 12.1 Å². The van der Waals surface area contributed by atoms with Crippen LogP contribution >= 0.6 is 0 Å². The van der Waals surface area contributed by atoms with E-state index in [0.29, 0.717) is 12.5 Å². The molecule has 0 bridgehead atoms. The zero-order chi connectivity index (χ0) is 19.6. The third kappa shape index (κ3) is 8.41. The van der Waals surface area contributed by atoms with Gasteiger partial charge in [0.05, 0.1) is 20.3 Å². The van der Waals surface area contributed by atoms with Gasteiger partial charge in [0.15, 0.2) is 11.5 Å². The number of hydrogen-bond donors (Lipinski definition) is 2. The molecule has 0 aromatic heterocycles. The van der Waals surface area contributed by atoms with Crippen molar-refractivity contribution in [3.8, 4) is 11.5 Å². The summed E-state index contributed by atoms with van der Waals surface area (Å²) in [5.74, 6) is 2.77. The van der Waals surface area contributed by atoms with Gasteiger partial charge < -0.3 is 20.3 Å². The highest BCUT2D eigenvalue weighted by Gasteiger charge is 2.25. The fourth-order valence-corrected chi connectivity index (χ4v) is 3.28. The average molecular weight is 366 g/mol. The Hall–Kier alpha value is -1.26. The maximum atomic E-state index is 9.66. The molecule has 1 atom stereocenters. The molecule has 0 radical (unpaired) electrons. The number of ether oxygens (including phenoxy) is 2. The topological polar surface area (TPSA) is 64.7 Å². The number of aliphatic hydroxyl groups excluding tert-OH is 1. The molecule has 4 heteroatoms. The van der Waals surface area contributed by atoms with Gasteiger partial charge in [0.25, 0.3) is 0 Å². The number of nitrogens with two attached hydrogens (primary N) is 1. The van der Waals surface area contributed by atoms with E-state index in [4.69, 9.17) is 15.2 Å². The summed E-state index contributed by atoms with van der Waals surface area (Å²) in [6.07, 6.45) is 5.87. The van der Waals surface area contributed by atoms with E-state index >= 15 is 0 Å². The minimum Gasteiger partial charge on any atom is -0.493 e. The van der Waals surface area contributed by atoms with Crippen LogP contribution in [0, 0.1) is 11.8 Å². The second kappa shape index (κ2) is 11.5. The van der Waals surface area contributed by atoms with E-state index < -0.39 is 5.54 Å². The first kappa shape index (κ1) is 22.8. The van der Waals surface area contributed by atoms with Gasteiger partial charge in [-0.25, -0.2) is 0 Å². The van der Waals surface area contributed by atoms with Crippen LogP contribution in [-0.4, -0.2) is 31.0 Å². The normalized spacial score (nSPS) is 13.9. The van der Waals surface area contributed by atoms with Crippen LogP contribution in [0.15, 0.2) is 18.2 Å². The van der Waals surface area contributed by atoms with Crippen LogP contribution in [0.4, 0.5) is 0 Å². The molecule has 150 valence electrons. The molecule has 4 nitrogen and oxygen atoms in total. The van der Waals surface area contributed by atoms with Gasteiger partial charge in [-0.1, -0.05) is 40.2 Å². The molecule has 0 aliphatic rings. The van der Waals surface area contributed by atoms with Crippen molar-refractivity contribution in [2.75, 3.05) is 20.3 Å². The third-order valence-electron chi connectivity index (χ3n) is 4.70. The van der Waals surface area contributed by atoms with Crippen molar-refractivity contribution in [1.82, 2.24) is 0 Å². The van der Waals surface area contributed by atoms with Crippen LogP contribution in [0.3, 0.4) is 0 Å². The molecule has 0 fully saturated rings. The van der Waals surface area contributed by atoms with Crippen molar-refractivity contribution in [2.45, 2.75) is 71.8 Å². The van der Waals surface area contributed by atoms with Gasteiger partial charge in [-0.15, -0.1) is 0 Å². The van der Waals surface area contributed by atoms with Crippen molar-refractivity contribution in [3.05, 3.63) is 23.8 Å². The SMILES string of the molecule is COc1cc(CC[C@@](N)(CO)CC(C)C)ccc1OCCCCC(C)C. The van der Waals surface area contributed by atoms with Gasteiger partial charge >= 0.3 is 0 Å². The Bertz CT molecular complexity index is 516. The summed E-state index contributed by atoms with van der Waals surface area (Å²) >= 11 is 0. The van der Waals surface area contributed by atoms with Gasteiger partial charge in [0.2, 0.25) is 0 Å².